The number of fused-ring (bicyclic) bond motifs is 1. The highest BCUT2D eigenvalue weighted by Crippen LogP contribution is 2.30. The molecular weight excluding hydrogens is 410 g/mol. The molecule has 0 bridgehead atoms. The Hall–Kier alpha value is -4.23. The molecule has 0 saturated heterocycles. The van der Waals surface area contributed by atoms with Gasteiger partial charge in [0.05, 0.1) is 5.69 Å². The number of hydrogen-bond donors (Lipinski definition) is 2. The van der Waals surface area contributed by atoms with E-state index in [1.807, 2.05) is 48.5 Å². The summed E-state index contributed by atoms with van der Waals surface area (Å²) in [7, 11) is 0. The number of hydrogen-bond acceptors (Lipinski definition) is 7. The molecule has 7 nitrogen and oxygen atoms in total. The van der Waals surface area contributed by atoms with Crippen LogP contribution in [0.3, 0.4) is 0 Å². The lowest BCUT2D eigenvalue weighted by Gasteiger charge is -2.16. The molecule has 5 rings (SSSR count). The summed E-state index contributed by atoms with van der Waals surface area (Å²) in [5.74, 6) is 1.32. The number of nitrogens with one attached hydrogen (secondary N) is 1. The largest absolute Gasteiger partial charge is 0.368 e. The number of aromatic nitrogens is 5. The summed E-state index contributed by atoms with van der Waals surface area (Å²) < 4.78 is 0. The first-order chi connectivity index (χ1) is 16.3. The van der Waals surface area contributed by atoms with Gasteiger partial charge in [0.2, 0.25) is 0 Å². The quantitative estimate of drug-likeness (QED) is 0.398. The van der Waals surface area contributed by atoms with E-state index in [1.54, 1.807) is 31.0 Å². The Balaban J connectivity index is 1.54. The summed E-state index contributed by atoms with van der Waals surface area (Å²) >= 11 is 0. The summed E-state index contributed by atoms with van der Waals surface area (Å²) in [6.07, 6.45) is 9.55. The normalized spacial score (nSPS) is 11.9. The van der Waals surface area contributed by atoms with Gasteiger partial charge in [-0.15, -0.1) is 0 Å². The molecule has 162 valence electrons. The maximum atomic E-state index is 6.43. The number of anilines is 1. The molecule has 0 aliphatic heterocycles. The zero-order valence-corrected chi connectivity index (χ0v) is 18.0. The third-order valence-corrected chi connectivity index (χ3v) is 5.36. The zero-order chi connectivity index (χ0) is 22.5. The maximum absolute atomic E-state index is 6.43. The van der Waals surface area contributed by atoms with Crippen LogP contribution in [-0.2, 0) is 6.42 Å². The third-order valence-electron chi connectivity index (χ3n) is 5.36. The lowest BCUT2D eigenvalue weighted by molar-refractivity contribution is 0.698. The van der Waals surface area contributed by atoms with Gasteiger partial charge in [-0.3, -0.25) is 15.0 Å². The second-order valence-electron chi connectivity index (χ2n) is 7.76. The molecule has 5 aromatic rings. The molecule has 7 heteroatoms. The number of benzene rings is 1. The predicted molar refractivity (Wildman–Crippen MR) is 130 cm³/mol. The number of pyridine rings is 3. The van der Waals surface area contributed by atoms with Crippen molar-refractivity contribution < 1.29 is 0 Å². The lowest BCUT2D eigenvalue weighted by atomic mass is 10.1. The molecule has 0 aliphatic rings. The Morgan fingerprint density at radius 1 is 0.788 bits per heavy atom. The molecule has 0 fully saturated rings. The topological polar surface area (TPSA) is 102 Å². The van der Waals surface area contributed by atoms with Crippen molar-refractivity contribution in [2.75, 3.05) is 11.9 Å². The third kappa shape index (κ3) is 4.68. The van der Waals surface area contributed by atoms with Crippen LogP contribution in [-0.4, -0.2) is 37.5 Å². The van der Waals surface area contributed by atoms with Crippen LogP contribution in [0, 0.1) is 0 Å². The average molecular weight is 434 g/mol. The molecule has 1 aromatic carbocycles. The van der Waals surface area contributed by atoms with Gasteiger partial charge in [0.15, 0.2) is 5.82 Å². The van der Waals surface area contributed by atoms with Crippen LogP contribution in [0.25, 0.3) is 33.5 Å². The Morgan fingerprint density at radius 3 is 2.42 bits per heavy atom. The first kappa shape index (κ1) is 20.7. The molecule has 0 radical (unpaired) electrons. The molecule has 0 spiro atoms. The maximum Gasteiger partial charge on any atom is 0.162 e. The van der Waals surface area contributed by atoms with Crippen LogP contribution in [0.5, 0.6) is 0 Å². The first-order valence-corrected chi connectivity index (χ1v) is 10.8. The number of rotatable bonds is 7. The zero-order valence-electron chi connectivity index (χ0n) is 18.0. The highest BCUT2D eigenvalue weighted by molar-refractivity contribution is 5.98. The van der Waals surface area contributed by atoms with Gasteiger partial charge in [-0.1, -0.05) is 30.3 Å². The Morgan fingerprint density at radius 2 is 1.64 bits per heavy atom. The summed E-state index contributed by atoms with van der Waals surface area (Å²) in [5, 5.41) is 4.34. The van der Waals surface area contributed by atoms with E-state index in [2.05, 4.69) is 32.4 Å². The van der Waals surface area contributed by atoms with Crippen molar-refractivity contribution in [3.8, 4) is 22.6 Å². The van der Waals surface area contributed by atoms with Gasteiger partial charge in [0.1, 0.15) is 11.3 Å². The van der Waals surface area contributed by atoms with Crippen molar-refractivity contribution in [2.45, 2.75) is 12.5 Å². The highest BCUT2D eigenvalue weighted by atomic mass is 15.0. The summed E-state index contributed by atoms with van der Waals surface area (Å²) in [4.78, 5) is 22.7. The minimum Gasteiger partial charge on any atom is -0.368 e. The van der Waals surface area contributed by atoms with Crippen LogP contribution >= 0.6 is 0 Å². The molecule has 0 saturated carbocycles. The van der Waals surface area contributed by atoms with Crippen LogP contribution in [0.4, 0.5) is 5.82 Å². The van der Waals surface area contributed by atoms with Crippen LogP contribution in [0.2, 0.25) is 0 Å². The van der Waals surface area contributed by atoms with E-state index in [4.69, 9.17) is 15.7 Å². The van der Waals surface area contributed by atoms with E-state index < -0.39 is 0 Å². The molecular formula is C26H23N7. The smallest absolute Gasteiger partial charge is 0.162 e. The predicted octanol–water partition coefficient (Wildman–Crippen LogP) is 4.13. The minimum absolute atomic E-state index is 0.0681. The Bertz CT molecular complexity index is 1340. The summed E-state index contributed by atoms with van der Waals surface area (Å²) in [6, 6.07) is 19.8. The first-order valence-electron chi connectivity index (χ1n) is 10.8. The summed E-state index contributed by atoms with van der Waals surface area (Å²) in [5.41, 5.74) is 10.9. The van der Waals surface area contributed by atoms with E-state index in [9.17, 15) is 0 Å². The second kappa shape index (κ2) is 9.50. The van der Waals surface area contributed by atoms with Gasteiger partial charge in [-0.25, -0.2) is 9.97 Å². The van der Waals surface area contributed by atoms with Crippen LogP contribution in [0.1, 0.15) is 5.56 Å². The number of nitrogens with zero attached hydrogens (tertiary/aromatic N) is 5. The SMILES string of the molecule is N[C@@H](CNc1nc(-c2ccncc2)nc2c(-c3cccnc3)nccc12)Cc1ccccc1. The fourth-order valence-corrected chi connectivity index (χ4v) is 3.75. The van der Waals surface area contributed by atoms with Crippen LogP contribution in [0.15, 0.2) is 91.6 Å². The monoisotopic (exact) mass is 433 g/mol. The fourth-order valence-electron chi connectivity index (χ4n) is 3.75. The fraction of sp³-hybridized carbons (Fsp3) is 0.115. The Labute approximate surface area is 191 Å². The van der Waals surface area contributed by atoms with Gasteiger partial charge in [0, 0.05) is 60.1 Å². The van der Waals surface area contributed by atoms with Crippen molar-refractivity contribution in [2.24, 2.45) is 5.73 Å². The molecule has 1 atom stereocenters. The van der Waals surface area contributed by atoms with E-state index in [0.717, 1.165) is 40.0 Å². The Kier molecular flexibility index (Phi) is 5.95. The molecule has 33 heavy (non-hydrogen) atoms. The van der Waals surface area contributed by atoms with Gasteiger partial charge in [-0.05, 0) is 42.3 Å². The van der Waals surface area contributed by atoms with Crippen LogP contribution < -0.4 is 11.1 Å². The molecule has 3 N–H and O–H groups in total. The minimum atomic E-state index is -0.0681. The van der Waals surface area contributed by atoms with Gasteiger partial charge < -0.3 is 11.1 Å². The second-order valence-corrected chi connectivity index (χ2v) is 7.76. The van der Waals surface area contributed by atoms with Crippen molar-refractivity contribution in [1.82, 2.24) is 24.9 Å². The van der Waals surface area contributed by atoms with Crippen molar-refractivity contribution in [3.05, 3.63) is 97.2 Å². The standard InChI is InChI=1S/C26H23N7/c27-21(15-18-5-2-1-3-6-18)17-31-26-22-10-14-30-23(20-7-4-11-29-16-20)24(22)32-25(33-26)19-8-12-28-13-9-19/h1-14,16,21H,15,17,27H2,(H,31,32,33)/t21-/m1/s1. The van der Waals surface area contributed by atoms with Crippen molar-refractivity contribution in [1.29, 1.82) is 0 Å². The van der Waals surface area contributed by atoms with Crippen molar-refractivity contribution >= 4 is 16.7 Å². The molecule has 0 aliphatic carbocycles. The molecule has 0 amide bonds. The van der Waals surface area contributed by atoms with E-state index in [-0.39, 0.29) is 6.04 Å². The lowest BCUT2D eigenvalue weighted by Crippen LogP contribution is -2.31. The molecule has 0 unspecified atom stereocenters. The summed E-state index contributed by atoms with van der Waals surface area (Å²) in [6.45, 7) is 0.571. The molecule has 4 heterocycles. The van der Waals surface area contributed by atoms with E-state index >= 15 is 0 Å². The average Bonchev–Trinajstić information content (AvgIpc) is 2.88. The van der Waals surface area contributed by atoms with Gasteiger partial charge in [-0.2, -0.15) is 0 Å². The van der Waals surface area contributed by atoms with Gasteiger partial charge in [0.25, 0.3) is 0 Å². The van der Waals surface area contributed by atoms with E-state index in [0.29, 0.717) is 12.4 Å². The number of nitrogens with two attached hydrogens (primary N) is 1. The van der Waals surface area contributed by atoms with Crippen molar-refractivity contribution in [3.63, 3.8) is 0 Å². The molecule has 4 aromatic heterocycles. The van der Waals surface area contributed by atoms with Gasteiger partial charge >= 0.3 is 0 Å². The highest BCUT2D eigenvalue weighted by Gasteiger charge is 2.15. The van der Waals surface area contributed by atoms with E-state index in [1.165, 1.54) is 5.56 Å².